The number of hydrogen-bond acceptors (Lipinski definition) is 5. The fourth-order valence-electron chi connectivity index (χ4n) is 1.55. The van der Waals surface area contributed by atoms with Gasteiger partial charge in [0.25, 0.3) is 0 Å². The molecule has 2 N–H and O–H groups in total. The summed E-state index contributed by atoms with van der Waals surface area (Å²) in [6.07, 6.45) is 1.35. The molecule has 0 unspecified atom stereocenters. The van der Waals surface area contributed by atoms with E-state index in [2.05, 4.69) is 10.1 Å². The zero-order valence-electron chi connectivity index (χ0n) is 9.28. The van der Waals surface area contributed by atoms with Crippen LogP contribution < -0.4 is 5.73 Å². The van der Waals surface area contributed by atoms with Crippen LogP contribution in [0, 0.1) is 15.9 Å². The second-order valence-corrected chi connectivity index (χ2v) is 3.58. The molecule has 0 saturated heterocycles. The van der Waals surface area contributed by atoms with Gasteiger partial charge in [-0.3, -0.25) is 10.1 Å². The summed E-state index contributed by atoms with van der Waals surface area (Å²) in [5.74, 6) is -0.305. The van der Waals surface area contributed by atoms with Crippen molar-refractivity contribution in [3.63, 3.8) is 0 Å². The molecule has 0 atom stereocenters. The average molecular weight is 251 g/mol. The summed E-state index contributed by atoms with van der Waals surface area (Å²) in [7, 11) is 0. The summed E-state index contributed by atoms with van der Waals surface area (Å²) < 4.78 is 14.9. The first kappa shape index (κ1) is 12.1. The van der Waals surface area contributed by atoms with E-state index in [1.54, 1.807) is 0 Å². The number of aromatic nitrogens is 3. The minimum atomic E-state index is -0.869. The van der Waals surface area contributed by atoms with Crippen LogP contribution in [0.15, 0.2) is 24.5 Å². The maximum atomic E-state index is 13.4. The number of benzene rings is 1. The summed E-state index contributed by atoms with van der Waals surface area (Å²) in [4.78, 5) is 13.6. The fraction of sp³-hybridized carbons (Fsp3) is 0.200. The molecule has 0 aliphatic carbocycles. The molecule has 1 aromatic heterocycles. The van der Waals surface area contributed by atoms with Gasteiger partial charge in [0.1, 0.15) is 12.2 Å². The molecular weight excluding hydrogens is 241 g/mol. The van der Waals surface area contributed by atoms with Crippen molar-refractivity contribution in [3.05, 3.63) is 51.8 Å². The van der Waals surface area contributed by atoms with Gasteiger partial charge >= 0.3 is 5.69 Å². The minimum absolute atomic E-state index is 0.218. The highest BCUT2D eigenvalue weighted by Gasteiger charge is 2.14. The predicted molar refractivity (Wildman–Crippen MR) is 60.1 cm³/mol. The van der Waals surface area contributed by atoms with E-state index in [0.717, 1.165) is 12.1 Å². The van der Waals surface area contributed by atoms with E-state index < -0.39 is 16.4 Å². The van der Waals surface area contributed by atoms with Gasteiger partial charge in [0.2, 0.25) is 5.82 Å². The highest BCUT2D eigenvalue weighted by Crippen LogP contribution is 2.18. The number of nitro benzene ring substituents is 1. The van der Waals surface area contributed by atoms with E-state index >= 15 is 0 Å². The van der Waals surface area contributed by atoms with Crippen molar-refractivity contribution in [2.75, 3.05) is 0 Å². The van der Waals surface area contributed by atoms with Crippen molar-refractivity contribution < 1.29 is 9.31 Å². The van der Waals surface area contributed by atoms with Crippen LogP contribution in [0.3, 0.4) is 0 Å². The zero-order valence-corrected chi connectivity index (χ0v) is 9.28. The van der Waals surface area contributed by atoms with Crippen molar-refractivity contribution in [3.8, 4) is 0 Å². The Morgan fingerprint density at radius 1 is 1.50 bits per heavy atom. The first-order valence-electron chi connectivity index (χ1n) is 5.11. The van der Waals surface area contributed by atoms with E-state index in [4.69, 9.17) is 5.73 Å². The van der Waals surface area contributed by atoms with Crippen LogP contribution in [0.5, 0.6) is 0 Å². The molecule has 1 aromatic carbocycles. The molecule has 8 heteroatoms. The monoisotopic (exact) mass is 251 g/mol. The van der Waals surface area contributed by atoms with Gasteiger partial charge < -0.3 is 5.73 Å². The number of rotatable bonds is 4. The van der Waals surface area contributed by atoms with E-state index in [1.165, 1.54) is 17.1 Å². The summed E-state index contributed by atoms with van der Waals surface area (Å²) in [5.41, 5.74) is 5.46. The molecule has 2 aromatic rings. The van der Waals surface area contributed by atoms with Crippen molar-refractivity contribution in [1.82, 2.24) is 14.8 Å². The van der Waals surface area contributed by atoms with Crippen molar-refractivity contribution in [1.29, 1.82) is 0 Å². The van der Waals surface area contributed by atoms with Gasteiger partial charge in [0.15, 0.2) is 0 Å². The molecule has 94 valence electrons. The van der Waals surface area contributed by atoms with Crippen LogP contribution in [0.4, 0.5) is 10.1 Å². The van der Waals surface area contributed by atoms with E-state index in [0.29, 0.717) is 11.4 Å². The average Bonchev–Trinajstić information content (AvgIpc) is 2.76. The van der Waals surface area contributed by atoms with E-state index in [-0.39, 0.29) is 13.1 Å². The lowest BCUT2D eigenvalue weighted by atomic mass is 10.2. The lowest BCUT2D eigenvalue weighted by Crippen LogP contribution is -2.11. The Labute approximate surface area is 101 Å². The van der Waals surface area contributed by atoms with E-state index in [9.17, 15) is 14.5 Å². The molecular formula is C10H10FN5O2. The maximum absolute atomic E-state index is 13.4. The molecule has 1 heterocycles. The van der Waals surface area contributed by atoms with Gasteiger partial charge in [0.05, 0.1) is 18.0 Å². The minimum Gasteiger partial charge on any atom is -0.324 e. The molecule has 0 saturated carbocycles. The number of nitrogens with zero attached hydrogens (tertiary/aromatic N) is 4. The van der Waals surface area contributed by atoms with E-state index in [1.807, 2.05) is 0 Å². The van der Waals surface area contributed by atoms with Crippen LogP contribution in [0.2, 0.25) is 0 Å². The number of hydrogen-bond donors (Lipinski definition) is 1. The topological polar surface area (TPSA) is 99.9 Å². The quantitative estimate of drug-likeness (QED) is 0.640. The normalized spacial score (nSPS) is 10.6. The summed E-state index contributed by atoms with van der Waals surface area (Å²) >= 11 is 0. The number of halogens is 1. The molecule has 0 aliphatic rings. The molecule has 7 nitrogen and oxygen atoms in total. The molecule has 0 spiro atoms. The third-order valence-corrected chi connectivity index (χ3v) is 2.42. The fourth-order valence-corrected chi connectivity index (χ4v) is 1.55. The third-order valence-electron chi connectivity index (χ3n) is 2.42. The smallest absolute Gasteiger partial charge is 0.304 e. The van der Waals surface area contributed by atoms with Gasteiger partial charge in [-0.25, -0.2) is 9.67 Å². The van der Waals surface area contributed by atoms with Gasteiger partial charge in [0, 0.05) is 6.07 Å². The van der Waals surface area contributed by atoms with Gasteiger partial charge in [-0.05, 0) is 11.6 Å². The molecule has 18 heavy (non-hydrogen) atoms. The Balaban J connectivity index is 2.25. The second kappa shape index (κ2) is 4.88. The SMILES string of the molecule is NCc1ncnn1Cc1ccc([N+](=O)[O-])c(F)c1. The molecule has 0 amide bonds. The maximum Gasteiger partial charge on any atom is 0.304 e. The van der Waals surface area contributed by atoms with Crippen molar-refractivity contribution >= 4 is 5.69 Å². The number of nitrogens with two attached hydrogens (primary N) is 1. The zero-order chi connectivity index (χ0) is 13.1. The molecule has 0 radical (unpaired) electrons. The molecule has 2 rings (SSSR count). The summed E-state index contributed by atoms with van der Waals surface area (Å²) in [6, 6.07) is 3.72. The molecule has 0 fully saturated rings. The second-order valence-electron chi connectivity index (χ2n) is 3.58. The van der Waals surface area contributed by atoms with Gasteiger partial charge in [-0.15, -0.1) is 0 Å². The van der Waals surface area contributed by atoms with Gasteiger partial charge in [-0.1, -0.05) is 6.07 Å². The largest absolute Gasteiger partial charge is 0.324 e. The Bertz CT molecular complexity index is 583. The standard InChI is InChI=1S/C10H10FN5O2/c11-8-3-7(1-2-9(8)16(17)18)5-15-10(4-12)13-6-14-15/h1-3,6H,4-5,12H2. The van der Waals surface area contributed by atoms with Crippen molar-refractivity contribution in [2.45, 2.75) is 13.1 Å². The van der Waals surface area contributed by atoms with Crippen LogP contribution in [-0.2, 0) is 13.1 Å². The Morgan fingerprint density at radius 3 is 2.89 bits per heavy atom. The molecule has 0 aliphatic heterocycles. The van der Waals surface area contributed by atoms with Crippen LogP contribution in [0.1, 0.15) is 11.4 Å². The lowest BCUT2D eigenvalue weighted by molar-refractivity contribution is -0.387. The Morgan fingerprint density at radius 2 is 2.28 bits per heavy atom. The Kier molecular flexibility index (Phi) is 3.28. The highest BCUT2D eigenvalue weighted by molar-refractivity contribution is 5.35. The lowest BCUT2D eigenvalue weighted by Gasteiger charge is -2.04. The van der Waals surface area contributed by atoms with Crippen LogP contribution in [0.25, 0.3) is 0 Å². The third kappa shape index (κ3) is 2.33. The molecule has 0 bridgehead atoms. The predicted octanol–water partition coefficient (Wildman–Crippen LogP) is 0.832. The summed E-state index contributed by atoms with van der Waals surface area (Å²) in [5, 5.41) is 14.4. The van der Waals surface area contributed by atoms with Crippen LogP contribution in [-0.4, -0.2) is 19.7 Å². The Hall–Kier alpha value is -2.35. The first-order chi connectivity index (χ1) is 8.61. The summed E-state index contributed by atoms with van der Waals surface area (Å²) in [6.45, 7) is 0.483. The highest BCUT2D eigenvalue weighted by atomic mass is 19.1. The first-order valence-corrected chi connectivity index (χ1v) is 5.11. The van der Waals surface area contributed by atoms with Crippen molar-refractivity contribution in [2.24, 2.45) is 5.73 Å². The number of nitro groups is 1. The van der Waals surface area contributed by atoms with Gasteiger partial charge in [-0.2, -0.15) is 9.49 Å². The van der Waals surface area contributed by atoms with Crippen LogP contribution >= 0.6 is 0 Å².